The summed E-state index contributed by atoms with van der Waals surface area (Å²) < 4.78 is 14.7. The summed E-state index contributed by atoms with van der Waals surface area (Å²) in [4.78, 5) is 14.5. The van der Waals surface area contributed by atoms with Gasteiger partial charge in [0.2, 0.25) is 0 Å². The van der Waals surface area contributed by atoms with Gasteiger partial charge in [0.25, 0.3) is 5.91 Å². The molecular formula is C18H22FN3O2. The first-order valence-corrected chi connectivity index (χ1v) is 8.15. The zero-order valence-electron chi connectivity index (χ0n) is 14.0. The van der Waals surface area contributed by atoms with E-state index in [1.807, 2.05) is 13.8 Å². The zero-order valence-corrected chi connectivity index (χ0v) is 14.0. The van der Waals surface area contributed by atoms with Gasteiger partial charge in [0.1, 0.15) is 5.82 Å². The molecule has 1 aromatic carbocycles. The van der Waals surface area contributed by atoms with Crippen molar-refractivity contribution < 1.29 is 14.3 Å². The molecule has 2 heterocycles. The molecule has 1 amide bonds. The number of aliphatic hydroxyl groups excluding tert-OH is 1. The number of benzene rings is 1. The van der Waals surface area contributed by atoms with Crippen LogP contribution in [-0.4, -0.2) is 45.4 Å². The van der Waals surface area contributed by atoms with Crippen LogP contribution in [0.25, 0.3) is 5.69 Å². The summed E-state index contributed by atoms with van der Waals surface area (Å²) in [6, 6.07) is 7.75. The van der Waals surface area contributed by atoms with Crippen LogP contribution in [0.3, 0.4) is 0 Å². The molecule has 0 bridgehead atoms. The van der Waals surface area contributed by atoms with Gasteiger partial charge in [0.15, 0.2) is 5.69 Å². The molecule has 1 aliphatic heterocycles. The van der Waals surface area contributed by atoms with Crippen molar-refractivity contribution in [1.29, 1.82) is 0 Å². The number of rotatable bonds is 3. The number of aryl methyl sites for hydroxylation is 1. The largest absolute Gasteiger partial charge is 0.396 e. The van der Waals surface area contributed by atoms with E-state index in [9.17, 15) is 14.3 Å². The molecule has 0 aliphatic carbocycles. The Hall–Kier alpha value is -2.21. The monoisotopic (exact) mass is 331 g/mol. The number of piperidine rings is 1. The molecule has 2 aromatic rings. The van der Waals surface area contributed by atoms with Crippen LogP contribution in [0.4, 0.5) is 4.39 Å². The van der Waals surface area contributed by atoms with Gasteiger partial charge in [-0.15, -0.1) is 0 Å². The maximum Gasteiger partial charge on any atom is 0.274 e. The number of aromatic nitrogens is 2. The number of halogens is 1. The number of aliphatic hydroxyl groups is 1. The molecule has 0 radical (unpaired) electrons. The van der Waals surface area contributed by atoms with E-state index in [4.69, 9.17) is 0 Å². The zero-order chi connectivity index (χ0) is 17.3. The first-order valence-electron chi connectivity index (χ1n) is 8.15. The van der Waals surface area contributed by atoms with Gasteiger partial charge in [0, 0.05) is 24.2 Å². The summed E-state index contributed by atoms with van der Waals surface area (Å²) in [6.07, 6.45) is 1.79. The summed E-state index contributed by atoms with van der Waals surface area (Å²) in [6.45, 7) is 5.14. The minimum absolute atomic E-state index is 0.0693. The Morgan fingerprint density at radius 3 is 2.75 bits per heavy atom. The van der Waals surface area contributed by atoms with Crippen LogP contribution in [0.5, 0.6) is 0 Å². The smallest absolute Gasteiger partial charge is 0.274 e. The van der Waals surface area contributed by atoms with Crippen molar-refractivity contribution >= 4 is 5.91 Å². The highest BCUT2D eigenvalue weighted by atomic mass is 19.1. The second kappa shape index (κ2) is 6.36. The van der Waals surface area contributed by atoms with Crippen molar-refractivity contribution in [2.75, 3.05) is 19.7 Å². The van der Waals surface area contributed by atoms with E-state index < -0.39 is 0 Å². The minimum atomic E-state index is -0.309. The molecule has 6 heteroatoms. The summed E-state index contributed by atoms with van der Waals surface area (Å²) >= 11 is 0. The average molecular weight is 331 g/mol. The Balaban J connectivity index is 1.84. The van der Waals surface area contributed by atoms with Crippen molar-refractivity contribution in [2.45, 2.75) is 26.7 Å². The van der Waals surface area contributed by atoms with Crippen LogP contribution in [0, 0.1) is 18.2 Å². The molecule has 1 aromatic heterocycles. The average Bonchev–Trinajstić information content (AvgIpc) is 2.97. The van der Waals surface area contributed by atoms with Gasteiger partial charge < -0.3 is 10.0 Å². The molecule has 128 valence electrons. The Labute approximate surface area is 140 Å². The molecule has 1 atom stereocenters. The molecular weight excluding hydrogens is 309 g/mol. The van der Waals surface area contributed by atoms with Gasteiger partial charge in [0.05, 0.1) is 12.3 Å². The van der Waals surface area contributed by atoms with Crippen molar-refractivity contribution in [1.82, 2.24) is 14.7 Å². The summed E-state index contributed by atoms with van der Waals surface area (Å²) in [7, 11) is 0. The van der Waals surface area contributed by atoms with E-state index in [0.717, 1.165) is 18.5 Å². The van der Waals surface area contributed by atoms with Crippen LogP contribution < -0.4 is 0 Å². The van der Waals surface area contributed by atoms with Gasteiger partial charge >= 0.3 is 0 Å². The quantitative estimate of drug-likeness (QED) is 0.940. The van der Waals surface area contributed by atoms with Crippen molar-refractivity contribution in [3.63, 3.8) is 0 Å². The number of carbonyl (C=O) groups excluding carboxylic acids is 1. The highest BCUT2D eigenvalue weighted by molar-refractivity contribution is 5.92. The normalized spacial score (nSPS) is 21.1. The standard InChI is InChI=1S/C18H22FN3O2/c1-13-10-16(20-22(13)15-6-4-14(19)5-7-15)17(24)21-9-3-8-18(2,11-21)12-23/h4-7,10,23H,3,8-9,11-12H2,1-2H3. The third-order valence-electron chi connectivity index (χ3n) is 4.63. The van der Waals surface area contributed by atoms with Crippen LogP contribution in [0.15, 0.2) is 30.3 Å². The Bertz CT molecular complexity index is 741. The molecule has 1 unspecified atom stereocenters. The summed E-state index contributed by atoms with van der Waals surface area (Å²) in [5, 5.41) is 14.0. The predicted octanol–water partition coefficient (Wildman–Crippen LogP) is 2.55. The van der Waals surface area contributed by atoms with E-state index >= 15 is 0 Å². The van der Waals surface area contributed by atoms with Crippen LogP contribution in [0.1, 0.15) is 35.9 Å². The lowest BCUT2D eigenvalue weighted by molar-refractivity contribution is 0.0353. The summed E-state index contributed by atoms with van der Waals surface area (Å²) in [5.41, 5.74) is 1.65. The lowest BCUT2D eigenvalue weighted by Crippen LogP contribution is -2.46. The fourth-order valence-corrected chi connectivity index (χ4v) is 3.20. The fraction of sp³-hybridized carbons (Fsp3) is 0.444. The molecule has 0 spiro atoms. The van der Waals surface area contributed by atoms with Gasteiger partial charge in [-0.05, 0) is 50.1 Å². The number of hydrogen-bond acceptors (Lipinski definition) is 3. The Morgan fingerprint density at radius 1 is 1.38 bits per heavy atom. The topological polar surface area (TPSA) is 58.4 Å². The molecule has 3 rings (SSSR count). The number of amides is 1. The second-order valence-corrected chi connectivity index (χ2v) is 6.86. The lowest BCUT2D eigenvalue weighted by Gasteiger charge is -2.39. The molecule has 24 heavy (non-hydrogen) atoms. The summed E-state index contributed by atoms with van der Waals surface area (Å²) in [5.74, 6) is -0.435. The van der Waals surface area contributed by atoms with Crippen molar-refractivity contribution in [3.05, 3.63) is 47.5 Å². The van der Waals surface area contributed by atoms with Crippen LogP contribution >= 0.6 is 0 Å². The first kappa shape index (κ1) is 16.6. The number of hydrogen-bond donors (Lipinski definition) is 1. The second-order valence-electron chi connectivity index (χ2n) is 6.86. The maximum absolute atomic E-state index is 13.1. The molecule has 5 nitrogen and oxygen atoms in total. The first-order chi connectivity index (χ1) is 11.4. The van der Waals surface area contributed by atoms with E-state index in [2.05, 4.69) is 5.10 Å². The lowest BCUT2D eigenvalue weighted by atomic mass is 9.83. The number of likely N-dealkylation sites (tertiary alicyclic amines) is 1. The third-order valence-corrected chi connectivity index (χ3v) is 4.63. The fourth-order valence-electron chi connectivity index (χ4n) is 3.20. The SMILES string of the molecule is Cc1cc(C(=O)N2CCCC(C)(CO)C2)nn1-c1ccc(F)cc1. The van der Waals surface area contributed by atoms with Gasteiger partial charge in [-0.25, -0.2) is 9.07 Å². The minimum Gasteiger partial charge on any atom is -0.396 e. The highest BCUT2D eigenvalue weighted by Gasteiger charge is 2.33. The Kier molecular flexibility index (Phi) is 4.41. The van der Waals surface area contributed by atoms with Gasteiger partial charge in [-0.1, -0.05) is 6.92 Å². The van der Waals surface area contributed by atoms with E-state index in [1.54, 1.807) is 27.8 Å². The molecule has 0 saturated carbocycles. The van der Waals surface area contributed by atoms with Gasteiger partial charge in [-0.2, -0.15) is 5.10 Å². The van der Waals surface area contributed by atoms with Crippen molar-refractivity contribution in [2.24, 2.45) is 5.41 Å². The van der Waals surface area contributed by atoms with E-state index in [0.29, 0.717) is 24.5 Å². The Morgan fingerprint density at radius 2 is 2.08 bits per heavy atom. The molecule has 1 fully saturated rings. The number of nitrogens with zero attached hydrogens (tertiary/aromatic N) is 3. The highest BCUT2D eigenvalue weighted by Crippen LogP contribution is 2.29. The van der Waals surface area contributed by atoms with E-state index in [-0.39, 0.29) is 23.7 Å². The van der Waals surface area contributed by atoms with Crippen molar-refractivity contribution in [3.8, 4) is 5.69 Å². The molecule has 1 aliphatic rings. The third kappa shape index (κ3) is 3.19. The predicted molar refractivity (Wildman–Crippen MR) is 88.6 cm³/mol. The van der Waals surface area contributed by atoms with E-state index in [1.165, 1.54) is 12.1 Å². The molecule has 1 N–H and O–H groups in total. The maximum atomic E-state index is 13.1. The van der Waals surface area contributed by atoms with Gasteiger partial charge in [-0.3, -0.25) is 4.79 Å². The van der Waals surface area contributed by atoms with Crippen LogP contribution in [-0.2, 0) is 0 Å². The molecule has 1 saturated heterocycles. The number of carbonyl (C=O) groups is 1. The van der Waals surface area contributed by atoms with Crippen LogP contribution in [0.2, 0.25) is 0 Å².